The number of hydrogen-bond acceptors (Lipinski definition) is 4. The number of para-hydroxylation sites is 1. The number of amidine groups is 1. The molecule has 1 atom stereocenters. The van der Waals surface area contributed by atoms with Crippen molar-refractivity contribution in [3.63, 3.8) is 0 Å². The molecule has 0 fully saturated rings. The van der Waals surface area contributed by atoms with E-state index in [2.05, 4.69) is 63.8 Å². The van der Waals surface area contributed by atoms with Crippen LogP contribution in [0.5, 0.6) is 0 Å². The zero-order chi connectivity index (χ0) is 19.6. The van der Waals surface area contributed by atoms with Crippen LogP contribution in [0.1, 0.15) is 16.6 Å². The third-order valence-corrected chi connectivity index (χ3v) is 6.03. The lowest BCUT2D eigenvalue weighted by Crippen LogP contribution is -2.35. The van der Waals surface area contributed by atoms with Crippen molar-refractivity contribution in [2.75, 3.05) is 9.91 Å². The predicted octanol–water partition coefficient (Wildman–Crippen LogP) is 6.79. The first-order valence-electron chi connectivity index (χ1n) is 9.38. The molecular formula is C24H18ClN3S. The average molecular weight is 416 g/mol. The van der Waals surface area contributed by atoms with Crippen molar-refractivity contribution in [2.24, 2.45) is 5.10 Å². The van der Waals surface area contributed by atoms with Crippen molar-refractivity contribution in [1.29, 1.82) is 0 Å². The highest BCUT2D eigenvalue weighted by Gasteiger charge is 2.38. The number of halogens is 1. The smallest absolute Gasteiger partial charge is 0.164 e. The number of benzene rings is 3. The molecule has 142 valence electrons. The molecule has 0 aliphatic carbocycles. The topological polar surface area (TPSA) is 18.8 Å². The van der Waals surface area contributed by atoms with Gasteiger partial charge in [0.2, 0.25) is 0 Å². The quantitative estimate of drug-likeness (QED) is 0.365. The molecule has 0 N–H and O–H groups in total. The molecule has 3 nitrogen and oxygen atoms in total. The number of hydrogen-bond donors (Lipinski definition) is 0. The van der Waals surface area contributed by atoms with E-state index in [1.807, 2.05) is 48.5 Å². The summed E-state index contributed by atoms with van der Waals surface area (Å²) in [4.78, 5) is 3.50. The van der Waals surface area contributed by atoms with Crippen LogP contribution < -0.4 is 9.91 Å². The molecule has 1 aromatic heterocycles. The largest absolute Gasteiger partial charge is 0.297 e. The third kappa shape index (κ3) is 3.41. The minimum absolute atomic E-state index is 0.0752. The fourth-order valence-electron chi connectivity index (χ4n) is 3.54. The normalized spacial score (nSPS) is 16.2. The Labute approximate surface area is 179 Å². The maximum Gasteiger partial charge on any atom is 0.164 e. The molecule has 3 aromatic carbocycles. The number of hydrazone groups is 1. The van der Waals surface area contributed by atoms with E-state index in [0.717, 1.165) is 27.8 Å². The zero-order valence-electron chi connectivity index (χ0n) is 15.5. The Hall–Kier alpha value is -3.08. The van der Waals surface area contributed by atoms with Crippen molar-refractivity contribution in [3.05, 3.63) is 118 Å². The van der Waals surface area contributed by atoms with Crippen LogP contribution in [0.15, 0.2) is 108 Å². The lowest BCUT2D eigenvalue weighted by molar-refractivity contribution is 0.716. The van der Waals surface area contributed by atoms with E-state index < -0.39 is 0 Å². The van der Waals surface area contributed by atoms with Crippen molar-refractivity contribution < 1.29 is 0 Å². The van der Waals surface area contributed by atoms with Gasteiger partial charge < -0.3 is 0 Å². The first-order chi connectivity index (χ1) is 14.3. The fraction of sp³-hybridized carbons (Fsp3) is 0.0417. The highest BCUT2D eigenvalue weighted by atomic mass is 35.5. The lowest BCUT2D eigenvalue weighted by atomic mass is 10.1. The maximum absolute atomic E-state index is 6.18. The van der Waals surface area contributed by atoms with Crippen LogP contribution in [-0.2, 0) is 0 Å². The van der Waals surface area contributed by atoms with Crippen molar-refractivity contribution in [3.8, 4) is 0 Å². The van der Waals surface area contributed by atoms with Gasteiger partial charge in [0, 0.05) is 21.2 Å². The number of thiophene rings is 1. The molecule has 0 saturated heterocycles. The zero-order valence-corrected chi connectivity index (χ0v) is 17.1. The first-order valence-corrected chi connectivity index (χ1v) is 10.6. The molecule has 29 heavy (non-hydrogen) atoms. The predicted molar refractivity (Wildman–Crippen MR) is 123 cm³/mol. The van der Waals surface area contributed by atoms with Gasteiger partial charge in [-0.3, -0.25) is 4.90 Å². The number of rotatable bonds is 4. The van der Waals surface area contributed by atoms with Gasteiger partial charge in [-0.25, -0.2) is 5.01 Å². The summed E-state index contributed by atoms with van der Waals surface area (Å²) in [5.41, 5.74) is 3.17. The molecule has 0 spiro atoms. The summed E-state index contributed by atoms with van der Waals surface area (Å²) in [6, 6.07) is 32.8. The molecule has 5 rings (SSSR count). The summed E-state index contributed by atoms with van der Waals surface area (Å²) >= 11 is 7.91. The molecule has 1 aliphatic rings. The van der Waals surface area contributed by atoms with E-state index >= 15 is 0 Å². The van der Waals surface area contributed by atoms with Gasteiger partial charge in [0.25, 0.3) is 0 Å². The molecule has 0 saturated carbocycles. The standard InChI is InChI=1S/C24H18ClN3S/c25-19-13-15-20(16-14-19)27-23(18-8-3-1-4-9-18)26-28(21-10-5-2-6-11-21)24(27)22-12-7-17-29-22/h1-17,24H/t24-/m1/s1. The summed E-state index contributed by atoms with van der Waals surface area (Å²) < 4.78 is 0. The van der Waals surface area contributed by atoms with Crippen molar-refractivity contribution in [2.45, 2.75) is 6.17 Å². The SMILES string of the molecule is Clc1ccc(N2C(c3ccccc3)=NN(c3ccccc3)[C@@H]2c2cccs2)cc1. The highest BCUT2D eigenvalue weighted by molar-refractivity contribution is 7.10. The van der Waals surface area contributed by atoms with Crippen molar-refractivity contribution >= 4 is 40.1 Å². The van der Waals surface area contributed by atoms with Gasteiger partial charge in [-0.2, -0.15) is 5.10 Å². The first kappa shape index (κ1) is 18.0. The monoisotopic (exact) mass is 415 g/mol. The van der Waals surface area contributed by atoms with Gasteiger partial charge >= 0.3 is 0 Å². The molecule has 0 bridgehead atoms. The highest BCUT2D eigenvalue weighted by Crippen LogP contribution is 2.41. The van der Waals surface area contributed by atoms with E-state index in [1.165, 1.54) is 4.88 Å². The van der Waals surface area contributed by atoms with Gasteiger partial charge in [-0.15, -0.1) is 11.3 Å². The second-order valence-electron chi connectivity index (χ2n) is 6.71. The molecular weight excluding hydrogens is 398 g/mol. The Morgan fingerprint density at radius 1 is 0.724 bits per heavy atom. The minimum atomic E-state index is -0.0752. The Balaban J connectivity index is 1.71. The Morgan fingerprint density at radius 2 is 1.41 bits per heavy atom. The van der Waals surface area contributed by atoms with Gasteiger partial charge in [-0.05, 0) is 47.8 Å². The van der Waals surface area contributed by atoms with E-state index in [4.69, 9.17) is 16.7 Å². The summed E-state index contributed by atoms with van der Waals surface area (Å²) in [5, 5.41) is 10.0. The maximum atomic E-state index is 6.18. The summed E-state index contributed by atoms with van der Waals surface area (Å²) in [5.74, 6) is 0.912. The van der Waals surface area contributed by atoms with Crippen LogP contribution in [0.4, 0.5) is 11.4 Å². The van der Waals surface area contributed by atoms with Crippen molar-refractivity contribution in [1.82, 2.24) is 0 Å². The van der Waals surface area contributed by atoms with Crippen LogP contribution >= 0.6 is 22.9 Å². The molecule has 4 aromatic rings. The Bertz CT molecular complexity index is 1110. The summed E-state index contributed by atoms with van der Waals surface area (Å²) in [7, 11) is 0. The number of nitrogens with zero attached hydrogens (tertiary/aromatic N) is 3. The lowest BCUT2D eigenvalue weighted by Gasteiger charge is -2.31. The Kier molecular flexibility index (Phi) is 4.80. The van der Waals surface area contributed by atoms with Crippen LogP contribution in [0, 0.1) is 0 Å². The second kappa shape index (κ2) is 7.74. The molecule has 1 aliphatic heterocycles. The molecule has 0 radical (unpaired) electrons. The number of anilines is 2. The third-order valence-electron chi connectivity index (χ3n) is 4.86. The van der Waals surface area contributed by atoms with E-state index in [-0.39, 0.29) is 6.17 Å². The van der Waals surface area contributed by atoms with Gasteiger partial charge in [0.15, 0.2) is 12.0 Å². The van der Waals surface area contributed by atoms with Gasteiger partial charge in [0.1, 0.15) is 0 Å². The molecule has 0 amide bonds. The molecule has 5 heteroatoms. The minimum Gasteiger partial charge on any atom is -0.297 e. The van der Waals surface area contributed by atoms with Crippen LogP contribution in [0.25, 0.3) is 0 Å². The van der Waals surface area contributed by atoms with Gasteiger partial charge in [0.05, 0.1) is 5.69 Å². The van der Waals surface area contributed by atoms with Crippen LogP contribution in [-0.4, -0.2) is 5.84 Å². The van der Waals surface area contributed by atoms with Gasteiger partial charge in [-0.1, -0.05) is 66.2 Å². The van der Waals surface area contributed by atoms with E-state index in [9.17, 15) is 0 Å². The summed E-state index contributed by atoms with van der Waals surface area (Å²) in [6.07, 6.45) is -0.0752. The average Bonchev–Trinajstić information content (AvgIpc) is 3.43. The Morgan fingerprint density at radius 3 is 2.07 bits per heavy atom. The van der Waals surface area contributed by atoms with Crippen LogP contribution in [0.2, 0.25) is 5.02 Å². The summed E-state index contributed by atoms with van der Waals surface area (Å²) in [6.45, 7) is 0. The molecule has 0 unspecified atom stereocenters. The fourth-order valence-corrected chi connectivity index (χ4v) is 4.47. The van der Waals surface area contributed by atoms with E-state index in [1.54, 1.807) is 11.3 Å². The van der Waals surface area contributed by atoms with Crippen LogP contribution in [0.3, 0.4) is 0 Å². The second-order valence-corrected chi connectivity index (χ2v) is 8.12. The van der Waals surface area contributed by atoms with E-state index in [0.29, 0.717) is 0 Å². The molecule has 2 heterocycles.